The lowest BCUT2D eigenvalue weighted by atomic mass is 10.1. The highest BCUT2D eigenvalue weighted by molar-refractivity contribution is 7.09. The number of benzene rings is 1. The van der Waals surface area contributed by atoms with E-state index in [1.165, 1.54) is 0 Å². The standard InChI is InChI=1S/C16H14N4OS/c17-13-14(12-6-8-18-9-7-12)20-22-15(13)16(21)19-10-11-4-2-1-3-5-11/h1-9H,10,17H2,(H,19,21). The fourth-order valence-corrected chi connectivity index (χ4v) is 2.77. The molecule has 0 fully saturated rings. The lowest BCUT2D eigenvalue weighted by molar-refractivity contribution is 0.0956. The van der Waals surface area contributed by atoms with Crippen LogP contribution in [-0.2, 0) is 6.54 Å². The number of carbonyl (C=O) groups excluding carboxylic acids is 1. The summed E-state index contributed by atoms with van der Waals surface area (Å²) in [5.74, 6) is -0.209. The number of nitrogens with one attached hydrogen (secondary N) is 1. The zero-order chi connectivity index (χ0) is 15.4. The molecule has 0 atom stereocenters. The maximum absolute atomic E-state index is 12.3. The number of hydrogen-bond acceptors (Lipinski definition) is 5. The molecule has 0 aliphatic heterocycles. The molecule has 2 heterocycles. The van der Waals surface area contributed by atoms with Crippen molar-refractivity contribution in [3.63, 3.8) is 0 Å². The number of anilines is 1. The second-order valence-corrected chi connectivity index (χ2v) is 5.45. The lowest BCUT2D eigenvalue weighted by Crippen LogP contribution is -2.22. The Morgan fingerprint density at radius 1 is 1.14 bits per heavy atom. The SMILES string of the molecule is Nc1c(-c2ccncc2)nsc1C(=O)NCc1ccccc1. The van der Waals surface area contributed by atoms with Crippen molar-refractivity contribution in [1.29, 1.82) is 0 Å². The Kier molecular flexibility index (Phi) is 4.11. The van der Waals surface area contributed by atoms with Crippen LogP contribution in [0.15, 0.2) is 54.9 Å². The molecule has 3 N–H and O–H groups in total. The summed E-state index contributed by atoms with van der Waals surface area (Å²) >= 11 is 1.11. The number of nitrogens with two attached hydrogens (primary N) is 1. The smallest absolute Gasteiger partial charge is 0.265 e. The van der Waals surface area contributed by atoms with E-state index in [1.54, 1.807) is 12.4 Å². The van der Waals surface area contributed by atoms with Gasteiger partial charge in [-0.2, -0.15) is 4.37 Å². The molecule has 22 heavy (non-hydrogen) atoms. The normalized spacial score (nSPS) is 10.4. The van der Waals surface area contributed by atoms with E-state index in [0.29, 0.717) is 22.8 Å². The predicted octanol–water partition coefficient (Wildman–Crippen LogP) is 2.72. The third-order valence-electron chi connectivity index (χ3n) is 3.18. The molecule has 0 saturated heterocycles. The van der Waals surface area contributed by atoms with E-state index in [1.807, 2.05) is 42.5 Å². The Balaban J connectivity index is 1.75. The maximum atomic E-state index is 12.3. The number of amides is 1. The molecule has 0 radical (unpaired) electrons. The number of rotatable bonds is 4. The summed E-state index contributed by atoms with van der Waals surface area (Å²) in [6.07, 6.45) is 3.34. The molecule has 0 aliphatic carbocycles. The van der Waals surface area contributed by atoms with E-state index in [2.05, 4.69) is 14.7 Å². The van der Waals surface area contributed by atoms with Gasteiger partial charge in [0.2, 0.25) is 0 Å². The molecule has 0 spiro atoms. The Labute approximate surface area is 132 Å². The van der Waals surface area contributed by atoms with Crippen molar-refractivity contribution in [2.45, 2.75) is 6.54 Å². The molecule has 1 aromatic carbocycles. The molecule has 6 heteroatoms. The van der Waals surface area contributed by atoms with Crippen molar-refractivity contribution in [3.05, 3.63) is 65.3 Å². The van der Waals surface area contributed by atoms with Crippen LogP contribution in [0, 0.1) is 0 Å². The molecule has 110 valence electrons. The molecule has 0 unspecified atom stereocenters. The third kappa shape index (κ3) is 2.96. The number of hydrogen-bond donors (Lipinski definition) is 2. The summed E-state index contributed by atoms with van der Waals surface area (Å²) in [6.45, 7) is 0.460. The summed E-state index contributed by atoms with van der Waals surface area (Å²) in [7, 11) is 0. The van der Waals surface area contributed by atoms with E-state index in [9.17, 15) is 4.79 Å². The summed E-state index contributed by atoms with van der Waals surface area (Å²) in [4.78, 5) is 16.6. The Hall–Kier alpha value is -2.73. The predicted molar refractivity (Wildman–Crippen MR) is 87.4 cm³/mol. The first-order chi connectivity index (χ1) is 10.8. The van der Waals surface area contributed by atoms with Crippen molar-refractivity contribution < 1.29 is 4.79 Å². The summed E-state index contributed by atoms with van der Waals surface area (Å²) in [5, 5.41) is 2.86. The minimum absolute atomic E-state index is 0.209. The van der Waals surface area contributed by atoms with E-state index >= 15 is 0 Å². The molecule has 3 aromatic rings. The molecule has 0 aliphatic rings. The quantitative estimate of drug-likeness (QED) is 0.776. The van der Waals surface area contributed by atoms with Crippen molar-refractivity contribution >= 4 is 23.1 Å². The van der Waals surface area contributed by atoms with Crippen LogP contribution in [0.25, 0.3) is 11.3 Å². The number of pyridine rings is 1. The minimum atomic E-state index is -0.209. The van der Waals surface area contributed by atoms with Crippen molar-refractivity contribution in [2.75, 3.05) is 5.73 Å². The fraction of sp³-hybridized carbons (Fsp3) is 0.0625. The van der Waals surface area contributed by atoms with Gasteiger partial charge >= 0.3 is 0 Å². The van der Waals surface area contributed by atoms with Gasteiger partial charge in [-0.05, 0) is 29.2 Å². The zero-order valence-electron chi connectivity index (χ0n) is 11.7. The highest BCUT2D eigenvalue weighted by atomic mass is 32.1. The second-order valence-electron chi connectivity index (χ2n) is 4.68. The maximum Gasteiger partial charge on any atom is 0.265 e. The third-order valence-corrected chi connectivity index (χ3v) is 4.05. The molecule has 0 bridgehead atoms. The van der Waals surface area contributed by atoms with Gasteiger partial charge in [0.05, 0.1) is 5.69 Å². The van der Waals surface area contributed by atoms with Gasteiger partial charge < -0.3 is 11.1 Å². The van der Waals surface area contributed by atoms with Gasteiger partial charge in [0.1, 0.15) is 10.6 Å². The highest BCUT2D eigenvalue weighted by Crippen LogP contribution is 2.30. The van der Waals surface area contributed by atoms with Crippen LogP contribution in [0.4, 0.5) is 5.69 Å². The fourth-order valence-electron chi connectivity index (χ4n) is 2.04. The van der Waals surface area contributed by atoms with Gasteiger partial charge in [0.15, 0.2) is 0 Å². The van der Waals surface area contributed by atoms with Gasteiger partial charge in [-0.1, -0.05) is 30.3 Å². The van der Waals surface area contributed by atoms with E-state index < -0.39 is 0 Å². The Morgan fingerprint density at radius 2 is 1.86 bits per heavy atom. The Morgan fingerprint density at radius 3 is 2.59 bits per heavy atom. The van der Waals surface area contributed by atoms with Gasteiger partial charge in [-0.25, -0.2) is 0 Å². The lowest BCUT2D eigenvalue weighted by Gasteiger charge is -2.04. The van der Waals surface area contributed by atoms with Crippen LogP contribution in [-0.4, -0.2) is 15.3 Å². The molecule has 1 amide bonds. The summed E-state index contributed by atoms with van der Waals surface area (Å²) in [5.41, 5.74) is 8.99. The second kappa shape index (κ2) is 6.36. The van der Waals surface area contributed by atoms with Crippen LogP contribution in [0.2, 0.25) is 0 Å². The first-order valence-corrected chi connectivity index (χ1v) is 7.50. The zero-order valence-corrected chi connectivity index (χ0v) is 12.5. The molecule has 3 rings (SSSR count). The topological polar surface area (TPSA) is 80.9 Å². The molecular weight excluding hydrogens is 296 g/mol. The van der Waals surface area contributed by atoms with Crippen molar-refractivity contribution in [3.8, 4) is 11.3 Å². The van der Waals surface area contributed by atoms with E-state index in [0.717, 1.165) is 22.7 Å². The van der Waals surface area contributed by atoms with E-state index in [4.69, 9.17) is 5.73 Å². The van der Waals surface area contributed by atoms with Crippen LogP contribution in [0.1, 0.15) is 15.2 Å². The van der Waals surface area contributed by atoms with Crippen LogP contribution in [0.5, 0.6) is 0 Å². The molecular formula is C16H14N4OS. The average molecular weight is 310 g/mol. The molecule has 0 saturated carbocycles. The van der Waals surface area contributed by atoms with Gasteiger partial charge in [0.25, 0.3) is 5.91 Å². The van der Waals surface area contributed by atoms with Crippen LogP contribution in [0.3, 0.4) is 0 Å². The van der Waals surface area contributed by atoms with Crippen molar-refractivity contribution in [2.24, 2.45) is 0 Å². The monoisotopic (exact) mass is 310 g/mol. The van der Waals surface area contributed by atoms with Gasteiger partial charge in [-0.15, -0.1) is 0 Å². The Bertz CT molecular complexity index is 771. The number of carbonyl (C=O) groups is 1. The van der Waals surface area contributed by atoms with Gasteiger partial charge in [-0.3, -0.25) is 9.78 Å². The molecule has 5 nitrogen and oxygen atoms in total. The number of nitrogen functional groups attached to an aromatic ring is 1. The number of aromatic nitrogens is 2. The average Bonchev–Trinajstić information content (AvgIpc) is 2.96. The number of nitrogens with zero attached hydrogens (tertiary/aromatic N) is 2. The van der Waals surface area contributed by atoms with Crippen LogP contribution < -0.4 is 11.1 Å². The largest absolute Gasteiger partial charge is 0.396 e. The first kappa shape index (κ1) is 14.2. The summed E-state index contributed by atoms with van der Waals surface area (Å²) < 4.78 is 4.29. The van der Waals surface area contributed by atoms with E-state index in [-0.39, 0.29) is 5.91 Å². The van der Waals surface area contributed by atoms with Crippen LogP contribution >= 0.6 is 11.5 Å². The highest BCUT2D eigenvalue weighted by Gasteiger charge is 2.18. The first-order valence-electron chi connectivity index (χ1n) is 6.73. The summed E-state index contributed by atoms with van der Waals surface area (Å²) in [6, 6.07) is 13.4. The minimum Gasteiger partial charge on any atom is -0.396 e. The van der Waals surface area contributed by atoms with Gasteiger partial charge in [0, 0.05) is 24.5 Å². The van der Waals surface area contributed by atoms with Crippen molar-refractivity contribution in [1.82, 2.24) is 14.7 Å². The molecule has 2 aromatic heterocycles.